The smallest absolute Gasteiger partial charge is 0.136 e. The molecule has 0 aliphatic carbocycles. The van der Waals surface area contributed by atoms with Gasteiger partial charge in [-0.05, 0) is 28.1 Å². The van der Waals surface area contributed by atoms with Gasteiger partial charge in [-0.1, -0.05) is 6.07 Å². The third kappa shape index (κ3) is 2.12. The van der Waals surface area contributed by atoms with Gasteiger partial charge in [0.1, 0.15) is 16.2 Å². The number of hydrogen-bond acceptors (Lipinski definition) is 3. The lowest BCUT2D eigenvalue weighted by Gasteiger charge is -2.26. The van der Waals surface area contributed by atoms with Crippen molar-refractivity contribution in [3.8, 4) is 0 Å². The number of hydrogen-bond donors (Lipinski definition) is 0. The van der Waals surface area contributed by atoms with E-state index in [0.29, 0.717) is 18.6 Å². The molecule has 2 rings (SSSR count). The number of anilines is 1. The lowest BCUT2D eigenvalue weighted by atomic mass is 10.1. The van der Waals surface area contributed by atoms with Crippen LogP contribution < -0.4 is 4.90 Å². The van der Waals surface area contributed by atoms with Crippen molar-refractivity contribution in [3.63, 3.8) is 0 Å². The zero-order valence-corrected chi connectivity index (χ0v) is 9.33. The van der Waals surface area contributed by atoms with Crippen LogP contribution in [0, 0.1) is 0 Å². The van der Waals surface area contributed by atoms with Gasteiger partial charge in [0.25, 0.3) is 0 Å². The molecule has 1 aromatic rings. The summed E-state index contributed by atoms with van der Waals surface area (Å²) >= 11 is 3.34. The molecule has 0 amide bonds. The molecule has 14 heavy (non-hydrogen) atoms. The number of halogens is 1. The van der Waals surface area contributed by atoms with Crippen molar-refractivity contribution in [1.29, 1.82) is 0 Å². The quantitative estimate of drug-likeness (QED) is 0.720. The topological polar surface area (TPSA) is 33.2 Å². The van der Waals surface area contributed by atoms with Crippen LogP contribution in [0.25, 0.3) is 0 Å². The monoisotopic (exact) mass is 254 g/mol. The van der Waals surface area contributed by atoms with E-state index in [1.165, 1.54) is 0 Å². The first-order valence-corrected chi connectivity index (χ1v) is 5.44. The van der Waals surface area contributed by atoms with Crippen molar-refractivity contribution in [1.82, 2.24) is 4.98 Å². The van der Waals surface area contributed by atoms with Crippen LogP contribution in [0.3, 0.4) is 0 Å². The molecule has 0 unspecified atom stereocenters. The second-order valence-corrected chi connectivity index (χ2v) is 4.16. The Morgan fingerprint density at radius 1 is 1.29 bits per heavy atom. The fourth-order valence-electron chi connectivity index (χ4n) is 1.56. The van der Waals surface area contributed by atoms with E-state index in [0.717, 1.165) is 23.5 Å². The Balaban J connectivity index is 2.12. The highest BCUT2D eigenvalue weighted by Crippen LogP contribution is 2.18. The Morgan fingerprint density at radius 3 is 2.64 bits per heavy atom. The molecule has 74 valence electrons. The molecule has 0 bridgehead atoms. The molecule has 1 aliphatic heterocycles. The van der Waals surface area contributed by atoms with Gasteiger partial charge in [-0.2, -0.15) is 0 Å². The lowest BCUT2D eigenvalue weighted by molar-refractivity contribution is -0.119. The summed E-state index contributed by atoms with van der Waals surface area (Å²) in [6, 6.07) is 5.84. The van der Waals surface area contributed by atoms with Crippen molar-refractivity contribution < 1.29 is 4.79 Å². The predicted octanol–water partition coefficient (Wildman–Crippen LogP) is 2.01. The molecule has 0 aromatic carbocycles. The average Bonchev–Trinajstić information content (AvgIpc) is 2.19. The molecule has 1 saturated heterocycles. The van der Waals surface area contributed by atoms with E-state index in [1.807, 2.05) is 18.2 Å². The number of piperidine rings is 1. The minimum Gasteiger partial charge on any atom is -0.356 e. The highest BCUT2D eigenvalue weighted by Gasteiger charge is 2.16. The molecule has 4 heteroatoms. The zero-order valence-electron chi connectivity index (χ0n) is 7.74. The van der Waals surface area contributed by atoms with E-state index in [-0.39, 0.29) is 0 Å². The number of pyridine rings is 1. The van der Waals surface area contributed by atoms with Gasteiger partial charge in [0.15, 0.2) is 0 Å². The summed E-state index contributed by atoms with van der Waals surface area (Å²) in [4.78, 5) is 17.5. The Hall–Kier alpha value is -0.900. The van der Waals surface area contributed by atoms with Gasteiger partial charge >= 0.3 is 0 Å². The molecule has 0 N–H and O–H groups in total. The molecule has 1 fully saturated rings. The van der Waals surface area contributed by atoms with Crippen LogP contribution >= 0.6 is 15.9 Å². The van der Waals surface area contributed by atoms with Gasteiger partial charge in [-0.15, -0.1) is 0 Å². The summed E-state index contributed by atoms with van der Waals surface area (Å²) < 4.78 is 0.840. The molecule has 1 aliphatic rings. The third-order valence-corrected chi connectivity index (χ3v) is 2.79. The number of carbonyl (C=O) groups excluding carboxylic acids is 1. The van der Waals surface area contributed by atoms with Crippen LogP contribution in [0.1, 0.15) is 12.8 Å². The van der Waals surface area contributed by atoms with E-state index >= 15 is 0 Å². The maximum atomic E-state index is 11.1. The van der Waals surface area contributed by atoms with Crippen molar-refractivity contribution in [2.24, 2.45) is 0 Å². The summed E-state index contributed by atoms with van der Waals surface area (Å²) in [5.41, 5.74) is 0. The number of Topliss-reactive ketones (excluding diaryl/α,β-unsaturated/α-hetero) is 1. The SMILES string of the molecule is O=C1CCN(c2cccc(Br)n2)CC1. The van der Waals surface area contributed by atoms with Crippen molar-refractivity contribution in [2.45, 2.75) is 12.8 Å². The van der Waals surface area contributed by atoms with E-state index in [2.05, 4.69) is 25.8 Å². The first-order valence-electron chi connectivity index (χ1n) is 4.65. The van der Waals surface area contributed by atoms with Crippen molar-refractivity contribution in [2.75, 3.05) is 18.0 Å². The van der Waals surface area contributed by atoms with Gasteiger partial charge in [0.05, 0.1) is 0 Å². The zero-order chi connectivity index (χ0) is 9.97. The Kier molecular flexibility index (Phi) is 2.82. The van der Waals surface area contributed by atoms with Crippen molar-refractivity contribution >= 4 is 27.5 Å². The summed E-state index contributed by atoms with van der Waals surface area (Å²) in [5, 5.41) is 0. The van der Waals surface area contributed by atoms with Crippen LogP contribution in [0.4, 0.5) is 5.82 Å². The van der Waals surface area contributed by atoms with E-state index in [1.54, 1.807) is 0 Å². The summed E-state index contributed by atoms with van der Waals surface area (Å²) in [5.74, 6) is 1.31. The molecule has 0 spiro atoms. The minimum absolute atomic E-state index is 0.358. The van der Waals surface area contributed by atoms with Gasteiger partial charge < -0.3 is 4.90 Å². The first-order chi connectivity index (χ1) is 6.75. The molecule has 0 atom stereocenters. The van der Waals surface area contributed by atoms with Gasteiger partial charge in [0, 0.05) is 25.9 Å². The first kappa shape index (κ1) is 9.65. The lowest BCUT2D eigenvalue weighted by Crippen LogP contribution is -2.34. The van der Waals surface area contributed by atoms with Crippen LogP contribution in [0.5, 0.6) is 0 Å². The molecular formula is C10H11BrN2O. The van der Waals surface area contributed by atoms with E-state index in [9.17, 15) is 4.79 Å². The van der Waals surface area contributed by atoms with E-state index in [4.69, 9.17) is 0 Å². The minimum atomic E-state index is 0.358. The van der Waals surface area contributed by atoms with Crippen LogP contribution in [0.15, 0.2) is 22.8 Å². The standard InChI is InChI=1S/C10H11BrN2O/c11-9-2-1-3-10(12-9)13-6-4-8(14)5-7-13/h1-3H,4-7H2. The van der Waals surface area contributed by atoms with Crippen molar-refractivity contribution in [3.05, 3.63) is 22.8 Å². The normalized spacial score (nSPS) is 17.2. The van der Waals surface area contributed by atoms with E-state index < -0.39 is 0 Å². The molecule has 2 heterocycles. The molecule has 0 radical (unpaired) electrons. The number of rotatable bonds is 1. The van der Waals surface area contributed by atoms with Gasteiger partial charge in [-0.3, -0.25) is 4.79 Å². The van der Waals surface area contributed by atoms with Gasteiger partial charge in [-0.25, -0.2) is 4.98 Å². The van der Waals surface area contributed by atoms with Crippen LogP contribution in [-0.2, 0) is 4.79 Å². The highest BCUT2D eigenvalue weighted by atomic mass is 79.9. The second-order valence-electron chi connectivity index (χ2n) is 3.34. The maximum absolute atomic E-state index is 11.1. The number of aromatic nitrogens is 1. The van der Waals surface area contributed by atoms with Crippen LogP contribution in [0.2, 0.25) is 0 Å². The largest absolute Gasteiger partial charge is 0.356 e. The van der Waals surface area contributed by atoms with Crippen LogP contribution in [-0.4, -0.2) is 23.9 Å². The third-order valence-electron chi connectivity index (χ3n) is 2.35. The molecule has 1 aromatic heterocycles. The fraction of sp³-hybridized carbons (Fsp3) is 0.400. The molecule has 0 saturated carbocycles. The fourth-order valence-corrected chi connectivity index (χ4v) is 1.89. The second kappa shape index (κ2) is 4.09. The average molecular weight is 255 g/mol. The number of nitrogens with zero attached hydrogens (tertiary/aromatic N) is 2. The summed E-state index contributed by atoms with van der Waals surface area (Å²) in [6.45, 7) is 1.59. The highest BCUT2D eigenvalue weighted by molar-refractivity contribution is 9.10. The maximum Gasteiger partial charge on any atom is 0.136 e. The summed E-state index contributed by atoms with van der Waals surface area (Å²) in [6.07, 6.45) is 1.29. The number of carbonyl (C=O) groups is 1. The summed E-state index contributed by atoms with van der Waals surface area (Å²) in [7, 11) is 0. The molecule has 3 nitrogen and oxygen atoms in total. The van der Waals surface area contributed by atoms with Gasteiger partial charge in [0.2, 0.25) is 0 Å². The predicted molar refractivity (Wildman–Crippen MR) is 58.4 cm³/mol. The Bertz CT molecular complexity index is 344. The number of ketones is 1. The Labute approximate surface area is 91.3 Å². The Morgan fingerprint density at radius 2 is 2.00 bits per heavy atom. The molecular weight excluding hydrogens is 244 g/mol.